The van der Waals surface area contributed by atoms with Gasteiger partial charge in [0.1, 0.15) is 5.75 Å². The molecule has 8 heteroatoms. The zero-order valence-electron chi connectivity index (χ0n) is 27.8. The summed E-state index contributed by atoms with van der Waals surface area (Å²) >= 11 is 3.68. The van der Waals surface area contributed by atoms with Crippen LogP contribution in [-0.2, 0) is 24.3 Å². The highest BCUT2D eigenvalue weighted by atomic mass is 79.9. The van der Waals surface area contributed by atoms with Crippen molar-refractivity contribution in [3.05, 3.63) is 135 Å². The third-order valence-corrected chi connectivity index (χ3v) is 10.9. The van der Waals surface area contributed by atoms with Gasteiger partial charge >= 0.3 is 0 Å². The van der Waals surface area contributed by atoms with Gasteiger partial charge in [-0.2, -0.15) is 0 Å². The van der Waals surface area contributed by atoms with Gasteiger partial charge < -0.3 is 26.6 Å². The van der Waals surface area contributed by atoms with Gasteiger partial charge in [-0.15, -0.1) is 0 Å². The number of rotatable bonds is 7. The smallest absolute Gasteiger partial charge is 0.245 e. The standard InChI is InChI=1S/C41H37BrN3O3.BrH/c1-25-17-35-36(18-26(25)2)44(23-37(46)30-12-11-27-7-4-5-8-28(27)19-30)24-43(35)16-15-39(47)45-22-31-20-29-13-14-32(42)21-34(29)40(31)33-9-6-10-38(48-3)41(33)45;/h4-14,17-19,21,24,31,40H,15-16,20,22-23H2,1-3H3;1H/q+1;/p-1/t31-,40-;/m0./s1. The molecule has 2 heterocycles. The van der Waals surface area contributed by atoms with Gasteiger partial charge in [0, 0.05) is 22.5 Å². The topological polar surface area (TPSA) is 55.4 Å². The van der Waals surface area contributed by atoms with Crippen LogP contribution in [0.15, 0.2) is 102 Å². The van der Waals surface area contributed by atoms with E-state index in [0.29, 0.717) is 31.0 Å². The van der Waals surface area contributed by atoms with Crippen molar-refractivity contribution in [1.29, 1.82) is 0 Å². The largest absolute Gasteiger partial charge is 1.00 e. The molecule has 0 bridgehead atoms. The number of carbonyl (C=O) groups excluding carboxylic acids is 2. The van der Waals surface area contributed by atoms with Crippen molar-refractivity contribution in [2.75, 3.05) is 18.6 Å². The summed E-state index contributed by atoms with van der Waals surface area (Å²) in [7, 11) is 1.68. The first-order valence-electron chi connectivity index (χ1n) is 16.6. The number of para-hydroxylation sites is 1. The van der Waals surface area contributed by atoms with Crippen molar-refractivity contribution >= 4 is 55.1 Å². The fraction of sp³-hybridized carbons (Fsp3) is 0.244. The summed E-state index contributed by atoms with van der Waals surface area (Å²) in [4.78, 5) is 29.8. The van der Waals surface area contributed by atoms with E-state index >= 15 is 0 Å². The van der Waals surface area contributed by atoms with Crippen molar-refractivity contribution in [1.82, 2.24) is 4.57 Å². The number of benzene rings is 5. The van der Waals surface area contributed by atoms with Crippen LogP contribution in [0.3, 0.4) is 0 Å². The zero-order valence-corrected chi connectivity index (χ0v) is 30.9. The molecule has 49 heavy (non-hydrogen) atoms. The van der Waals surface area contributed by atoms with Crippen LogP contribution in [0.25, 0.3) is 21.8 Å². The number of aryl methyl sites for hydroxylation is 3. The Kier molecular flexibility index (Phi) is 8.96. The molecule has 1 amide bonds. The van der Waals surface area contributed by atoms with Gasteiger partial charge in [-0.25, -0.2) is 9.13 Å². The Morgan fingerprint density at radius 2 is 1.69 bits per heavy atom. The number of anilines is 1. The van der Waals surface area contributed by atoms with E-state index in [1.54, 1.807) is 7.11 Å². The number of ether oxygens (including phenoxy) is 1. The third kappa shape index (κ3) is 5.89. The van der Waals surface area contributed by atoms with Gasteiger partial charge in [0.2, 0.25) is 18.0 Å². The summed E-state index contributed by atoms with van der Waals surface area (Å²) < 4.78 is 11.1. The van der Waals surface area contributed by atoms with Crippen LogP contribution in [0, 0.1) is 19.8 Å². The van der Waals surface area contributed by atoms with Crippen molar-refractivity contribution in [3.8, 4) is 5.75 Å². The number of nitrogens with zero attached hydrogens (tertiary/aromatic N) is 3. The molecular formula is C41H37Br2N3O3. The van der Waals surface area contributed by atoms with Crippen molar-refractivity contribution in [3.63, 3.8) is 0 Å². The summed E-state index contributed by atoms with van der Waals surface area (Å²) in [5.41, 5.74) is 9.77. The van der Waals surface area contributed by atoms with E-state index in [1.807, 2.05) is 64.3 Å². The van der Waals surface area contributed by atoms with Gasteiger partial charge in [0.25, 0.3) is 0 Å². The van der Waals surface area contributed by atoms with Crippen molar-refractivity contribution < 1.29 is 35.9 Å². The second-order valence-corrected chi connectivity index (χ2v) is 14.2. The molecule has 0 saturated heterocycles. The fourth-order valence-corrected chi connectivity index (χ4v) is 8.26. The molecule has 6 aromatic rings. The Morgan fingerprint density at radius 1 is 0.898 bits per heavy atom. The Balaban J connectivity index is 0.00000378. The maximum absolute atomic E-state index is 14.2. The summed E-state index contributed by atoms with van der Waals surface area (Å²) in [6.45, 7) is 5.56. The molecule has 1 aliphatic carbocycles. The molecule has 2 atom stereocenters. The minimum absolute atomic E-state index is 0. The lowest BCUT2D eigenvalue weighted by Gasteiger charge is -2.38. The zero-order chi connectivity index (χ0) is 33.1. The highest BCUT2D eigenvalue weighted by molar-refractivity contribution is 9.10. The summed E-state index contributed by atoms with van der Waals surface area (Å²) in [5.74, 6) is 1.38. The van der Waals surface area contributed by atoms with Gasteiger partial charge in [0.15, 0.2) is 17.6 Å². The van der Waals surface area contributed by atoms with Gasteiger partial charge in [-0.05, 0) is 101 Å². The van der Waals surface area contributed by atoms with E-state index in [9.17, 15) is 9.59 Å². The molecule has 1 aliphatic heterocycles. The number of hydrogen-bond acceptors (Lipinski definition) is 3. The minimum Gasteiger partial charge on any atom is -1.00 e. The van der Waals surface area contributed by atoms with E-state index in [4.69, 9.17) is 4.74 Å². The maximum atomic E-state index is 14.2. The average Bonchev–Trinajstić information content (AvgIpc) is 3.63. The Bertz CT molecular complexity index is 2280. The molecule has 5 aromatic carbocycles. The van der Waals surface area contributed by atoms with Crippen molar-refractivity contribution in [2.45, 2.75) is 45.7 Å². The highest BCUT2D eigenvalue weighted by Crippen LogP contribution is 2.52. The highest BCUT2D eigenvalue weighted by Gasteiger charge is 2.43. The molecule has 6 nitrogen and oxygen atoms in total. The van der Waals surface area contributed by atoms with Crippen LogP contribution in [0.4, 0.5) is 5.69 Å². The van der Waals surface area contributed by atoms with Gasteiger partial charge in [-0.3, -0.25) is 9.59 Å². The predicted molar refractivity (Wildman–Crippen MR) is 193 cm³/mol. The average molecular weight is 780 g/mol. The molecule has 0 spiro atoms. The second kappa shape index (κ2) is 13.2. The Morgan fingerprint density at radius 3 is 2.51 bits per heavy atom. The number of fused-ring (bicyclic) bond motifs is 7. The van der Waals surface area contributed by atoms with Crippen LogP contribution in [0.1, 0.15) is 50.5 Å². The molecule has 1 aromatic heterocycles. The number of ketones is 1. The van der Waals surface area contributed by atoms with Gasteiger partial charge in [0.05, 0.1) is 25.8 Å². The molecule has 0 saturated carbocycles. The first-order valence-corrected chi connectivity index (χ1v) is 17.4. The number of imidazole rings is 1. The molecule has 8 rings (SSSR count). The molecule has 0 N–H and O–H groups in total. The lowest BCUT2D eigenvalue weighted by atomic mass is 9.81. The van der Waals surface area contributed by atoms with Crippen LogP contribution >= 0.6 is 15.9 Å². The summed E-state index contributed by atoms with van der Waals surface area (Å²) in [5, 5.41) is 2.17. The van der Waals surface area contributed by atoms with E-state index < -0.39 is 0 Å². The van der Waals surface area contributed by atoms with E-state index in [-0.39, 0.29) is 41.1 Å². The molecule has 2 aliphatic rings. The number of hydrogen-bond donors (Lipinski definition) is 0. The van der Waals surface area contributed by atoms with E-state index in [0.717, 1.165) is 49.7 Å². The quantitative estimate of drug-likeness (QED) is 0.168. The number of amides is 1. The molecule has 0 fully saturated rings. The summed E-state index contributed by atoms with van der Waals surface area (Å²) in [6.07, 6.45) is 3.27. The molecule has 248 valence electrons. The predicted octanol–water partition coefficient (Wildman–Crippen LogP) is 5.10. The number of aromatic nitrogens is 2. The SMILES string of the molecule is COc1cccc2c1N(C(=O)CCn1c[n+](CC(=O)c3ccc4ccccc4c3)c3cc(C)c(C)cc31)C[C@@H]1Cc3ccc(Br)cc3[C@H]21.[Br-]. The first-order chi connectivity index (χ1) is 23.3. The molecular weight excluding hydrogens is 742 g/mol. The number of halogens is 2. The lowest BCUT2D eigenvalue weighted by molar-refractivity contribution is -0.658. The lowest BCUT2D eigenvalue weighted by Crippen LogP contribution is -3.00. The number of Topliss-reactive ketones (excluding diaryl/α,β-unsaturated/α-hetero) is 1. The number of methoxy groups -OCH3 is 1. The maximum Gasteiger partial charge on any atom is 0.245 e. The monoisotopic (exact) mass is 777 g/mol. The molecule has 0 unspecified atom stereocenters. The minimum atomic E-state index is 0. The van der Waals surface area contributed by atoms with Crippen LogP contribution in [0.5, 0.6) is 5.75 Å². The Labute approximate surface area is 305 Å². The second-order valence-electron chi connectivity index (χ2n) is 13.3. The van der Waals surface area contributed by atoms with E-state index in [2.05, 4.69) is 76.8 Å². The van der Waals surface area contributed by atoms with Gasteiger partial charge in [-0.1, -0.05) is 70.5 Å². The van der Waals surface area contributed by atoms with Crippen LogP contribution < -0.4 is 31.2 Å². The third-order valence-electron chi connectivity index (χ3n) is 10.4. The Hall–Kier alpha value is -4.27. The fourth-order valence-electron chi connectivity index (χ4n) is 7.89. The van der Waals surface area contributed by atoms with Crippen LogP contribution in [0.2, 0.25) is 0 Å². The molecule has 0 radical (unpaired) electrons. The number of carbonyl (C=O) groups is 2. The van der Waals surface area contributed by atoms with Crippen molar-refractivity contribution in [2.24, 2.45) is 5.92 Å². The normalized spacial score (nSPS) is 16.2. The summed E-state index contributed by atoms with van der Waals surface area (Å²) in [6, 6.07) is 31.0. The van der Waals surface area contributed by atoms with Crippen LogP contribution in [-0.4, -0.2) is 29.9 Å². The van der Waals surface area contributed by atoms with E-state index in [1.165, 1.54) is 22.3 Å². The first kappa shape index (κ1) is 33.2.